The van der Waals surface area contributed by atoms with Crippen molar-refractivity contribution in [1.29, 1.82) is 5.26 Å². The van der Waals surface area contributed by atoms with E-state index in [9.17, 15) is 9.18 Å². The Kier molecular flexibility index (Phi) is 6.18. The summed E-state index contributed by atoms with van der Waals surface area (Å²) in [7, 11) is 0. The van der Waals surface area contributed by atoms with Crippen molar-refractivity contribution in [2.75, 3.05) is 13.3 Å². The minimum Gasteiger partial charge on any atom is -0.462 e. The van der Waals surface area contributed by atoms with E-state index in [0.29, 0.717) is 23.3 Å². The van der Waals surface area contributed by atoms with Crippen LogP contribution in [0.2, 0.25) is 0 Å². The zero-order valence-electron chi connectivity index (χ0n) is 11.5. The maximum Gasteiger partial charge on any atom is 0.338 e. The van der Waals surface area contributed by atoms with Crippen LogP contribution in [0.25, 0.3) is 5.57 Å². The molecule has 104 valence electrons. The van der Waals surface area contributed by atoms with Crippen molar-refractivity contribution in [3.05, 3.63) is 53.1 Å². The third-order valence-corrected chi connectivity index (χ3v) is 2.66. The van der Waals surface area contributed by atoms with Gasteiger partial charge >= 0.3 is 5.97 Å². The van der Waals surface area contributed by atoms with E-state index in [-0.39, 0.29) is 5.57 Å². The van der Waals surface area contributed by atoms with Gasteiger partial charge in [0.2, 0.25) is 0 Å². The van der Waals surface area contributed by atoms with Crippen LogP contribution >= 0.6 is 0 Å². The number of nitrogens with zero attached hydrogens (tertiary/aromatic N) is 1. The van der Waals surface area contributed by atoms with E-state index in [1.165, 1.54) is 0 Å². The molecule has 1 rings (SSSR count). The Balaban J connectivity index is 3.14. The third-order valence-electron chi connectivity index (χ3n) is 2.66. The average Bonchev–Trinajstić information content (AvgIpc) is 2.48. The maximum atomic E-state index is 13.1. The fourth-order valence-electron chi connectivity index (χ4n) is 1.70. The molecule has 0 spiro atoms. The minimum absolute atomic E-state index is 0.277. The number of hydrogen-bond acceptors (Lipinski definition) is 3. The highest BCUT2D eigenvalue weighted by Crippen LogP contribution is 2.21. The summed E-state index contributed by atoms with van der Waals surface area (Å²) >= 11 is 0. The van der Waals surface area contributed by atoms with Gasteiger partial charge in [-0.1, -0.05) is 18.2 Å². The Bertz CT molecular complexity index is 565. The first-order chi connectivity index (χ1) is 9.67. The fourth-order valence-corrected chi connectivity index (χ4v) is 1.70. The monoisotopic (exact) mass is 273 g/mol. The van der Waals surface area contributed by atoms with Gasteiger partial charge in [-0.15, -0.1) is 0 Å². The molecule has 0 N–H and O–H groups in total. The summed E-state index contributed by atoms with van der Waals surface area (Å²) in [6.07, 6.45) is 3.25. The second kappa shape index (κ2) is 7.90. The van der Waals surface area contributed by atoms with Crippen molar-refractivity contribution in [1.82, 2.24) is 0 Å². The van der Waals surface area contributed by atoms with Crippen LogP contribution in [0.5, 0.6) is 0 Å². The van der Waals surface area contributed by atoms with Gasteiger partial charge in [-0.25, -0.2) is 9.18 Å². The summed E-state index contributed by atoms with van der Waals surface area (Å²) in [6.45, 7) is 3.05. The van der Waals surface area contributed by atoms with E-state index < -0.39 is 12.6 Å². The van der Waals surface area contributed by atoms with E-state index in [0.717, 1.165) is 0 Å². The Morgan fingerprint density at radius 3 is 2.40 bits per heavy atom. The van der Waals surface area contributed by atoms with Crippen LogP contribution in [0.1, 0.15) is 29.8 Å². The summed E-state index contributed by atoms with van der Waals surface area (Å²) in [5, 5.41) is 9.03. The smallest absolute Gasteiger partial charge is 0.338 e. The zero-order chi connectivity index (χ0) is 15.0. The van der Waals surface area contributed by atoms with Crippen molar-refractivity contribution < 1.29 is 13.9 Å². The number of carbonyl (C=O) groups excluding carboxylic acids is 1. The first-order valence-electron chi connectivity index (χ1n) is 6.27. The van der Waals surface area contributed by atoms with Gasteiger partial charge in [0, 0.05) is 5.57 Å². The predicted octanol–water partition coefficient (Wildman–Crippen LogP) is 3.69. The van der Waals surface area contributed by atoms with Crippen LogP contribution in [0.4, 0.5) is 4.39 Å². The molecule has 3 nitrogen and oxygen atoms in total. The standard InChI is InChI=1S/C16H16FNO2/c1-3-5-14(11-18)15(10-17)12-6-8-13(9-7-12)16(19)20-4-2/h3,5-9H,4,10H2,1-2H3. The molecule has 0 fully saturated rings. The van der Waals surface area contributed by atoms with Crippen molar-refractivity contribution >= 4 is 11.5 Å². The number of halogens is 1. The maximum absolute atomic E-state index is 13.1. The van der Waals surface area contributed by atoms with Gasteiger partial charge in [0.05, 0.1) is 23.8 Å². The molecule has 0 aliphatic heterocycles. The summed E-state index contributed by atoms with van der Waals surface area (Å²) in [5.41, 5.74) is 1.56. The Morgan fingerprint density at radius 1 is 1.35 bits per heavy atom. The molecule has 0 amide bonds. The van der Waals surface area contributed by atoms with Crippen molar-refractivity contribution in [3.8, 4) is 6.07 Å². The van der Waals surface area contributed by atoms with Crippen molar-refractivity contribution in [3.63, 3.8) is 0 Å². The van der Waals surface area contributed by atoms with Gasteiger partial charge in [-0.05, 0) is 37.6 Å². The van der Waals surface area contributed by atoms with Crippen LogP contribution in [-0.4, -0.2) is 19.3 Å². The lowest BCUT2D eigenvalue weighted by Crippen LogP contribution is -2.04. The molecule has 1 aromatic carbocycles. The lowest BCUT2D eigenvalue weighted by molar-refractivity contribution is 0.0526. The van der Waals surface area contributed by atoms with Crippen LogP contribution in [-0.2, 0) is 4.74 Å². The second-order valence-corrected chi connectivity index (χ2v) is 3.94. The molecule has 0 unspecified atom stereocenters. The SMILES string of the molecule is CC=CC(C#N)=C(CF)c1ccc(C(=O)OCC)cc1. The van der Waals surface area contributed by atoms with Gasteiger partial charge in [-0.3, -0.25) is 0 Å². The number of carbonyl (C=O) groups is 1. The Labute approximate surface area is 118 Å². The largest absolute Gasteiger partial charge is 0.462 e. The van der Waals surface area contributed by atoms with Gasteiger partial charge in [0.1, 0.15) is 6.67 Å². The number of alkyl halides is 1. The minimum atomic E-state index is -0.744. The summed E-state index contributed by atoms with van der Waals surface area (Å²) in [5.74, 6) is -0.418. The van der Waals surface area contributed by atoms with E-state index in [4.69, 9.17) is 10.00 Å². The van der Waals surface area contributed by atoms with Crippen LogP contribution in [0.15, 0.2) is 42.0 Å². The topological polar surface area (TPSA) is 50.1 Å². The molecule has 1 aromatic rings. The Morgan fingerprint density at radius 2 is 1.95 bits per heavy atom. The van der Waals surface area contributed by atoms with Gasteiger partial charge in [-0.2, -0.15) is 5.26 Å². The van der Waals surface area contributed by atoms with Crippen LogP contribution in [0.3, 0.4) is 0 Å². The van der Waals surface area contributed by atoms with Gasteiger partial charge < -0.3 is 4.74 Å². The number of esters is 1. The van der Waals surface area contributed by atoms with Crippen molar-refractivity contribution in [2.24, 2.45) is 0 Å². The summed E-state index contributed by atoms with van der Waals surface area (Å²) in [6, 6.07) is 8.32. The highest BCUT2D eigenvalue weighted by Gasteiger charge is 2.10. The number of allylic oxidation sites excluding steroid dienone is 4. The molecular weight excluding hydrogens is 257 g/mol. The zero-order valence-corrected chi connectivity index (χ0v) is 11.5. The molecule has 20 heavy (non-hydrogen) atoms. The molecule has 0 atom stereocenters. The molecule has 0 saturated heterocycles. The predicted molar refractivity (Wildman–Crippen MR) is 75.7 cm³/mol. The number of benzene rings is 1. The number of hydrogen-bond donors (Lipinski definition) is 0. The number of rotatable bonds is 5. The molecular formula is C16H16FNO2. The molecule has 4 heteroatoms. The molecule has 0 bridgehead atoms. The molecule has 0 heterocycles. The first-order valence-corrected chi connectivity index (χ1v) is 6.27. The Hall–Kier alpha value is -2.41. The second-order valence-electron chi connectivity index (χ2n) is 3.94. The van der Waals surface area contributed by atoms with Crippen molar-refractivity contribution in [2.45, 2.75) is 13.8 Å². The highest BCUT2D eigenvalue weighted by molar-refractivity contribution is 5.90. The lowest BCUT2D eigenvalue weighted by atomic mass is 10.00. The summed E-state index contributed by atoms with van der Waals surface area (Å²) < 4.78 is 18.0. The molecule has 0 saturated carbocycles. The highest BCUT2D eigenvalue weighted by atomic mass is 19.1. The molecule has 0 radical (unpaired) electrons. The van der Waals surface area contributed by atoms with E-state index >= 15 is 0 Å². The third kappa shape index (κ3) is 3.79. The molecule has 0 aliphatic rings. The average molecular weight is 273 g/mol. The first kappa shape index (κ1) is 15.6. The van der Waals surface area contributed by atoms with Gasteiger partial charge in [0.25, 0.3) is 0 Å². The quantitative estimate of drug-likeness (QED) is 0.467. The van der Waals surface area contributed by atoms with Crippen LogP contribution < -0.4 is 0 Å². The molecule has 0 aliphatic carbocycles. The molecule has 0 aromatic heterocycles. The van der Waals surface area contributed by atoms with E-state index in [1.807, 2.05) is 6.07 Å². The fraction of sp³-hybridized carbons (Fsp3) is 0.250. The number of ether oxygens (including phenoxy) is 1. The van der Waals surface area contributed by atoms with E-state index in [2.05, 4.69) is 0 Å². The number of nitriles is 1. The lowest BCUT2D eigenvalue weighted by Gasteiger charge is -2.06. The van der Waals surface area contributed by atoms with E-state index in [1.54, 1.807) is 50.3 Å². The summed E-state index contributed by atoms with van der Waals surface area (Å²) in [4.78, 5) is 11.5. The normalized spacial score (nSPS) is 11.9. The van der Waals surface area contributed by atoms with Gasteiger partial charge in [0.15, 0.2) is 0 Å². The van der Waals surface area contributed by atoms with Crippen LogP contribution in [0, 0.1) is 11.3 Å².